The van der Waals surface area contributed by atoms with Crippen LogP contribution in [0.1, 0.15) is 22.8 Å². The molecule has 1 aromatic carbocycles. The number of hydrazine groups is 1. The molecule has 0 atom stereocenters. The van der Waals surface area contributed by atoms with Crippen molar-refractivity contribution < 1.29 is 18.0 Å². The van der Waals surface area contributed by atoms with Gasteiger partial charge in [-0.15, -0.1) is 0 Å². The van der Waals surface area contributed by atoms with Gasteiger partial charge in [-0.2, -0.15) is 13.2 Å². The second-order valence-corrected chi connectivity index (χ2v) is 3.26. The summed E-state index contributed by atoms with van der Waals surface area (Å²) < 4.78 is 37.9. The van der Waals surface area contributed by atoms with Crippen molar-refractivity contribution in [2.45, 2.75) is 13.1 Å². The van der Waals surface area contributed by atoms with E-state index >= 15 is 0 Å². The van der Waals surface area contributed by atoms with E-state index in [-0.39, 0.29) is 11.3 Å². The molecule has 0 heterocycles. The van der Waals surface area contributed by atoms with Crippen LogP contribution >= 0.6 is 0 Å². The third-order valence-electron chi connectivity index (χ3n) is 2.08. The fourth-order valence-electron chi connectivity index (χ4n) is 1.31. The molecule has 0 aliphatic rings. The standard InChI is InChI=1S/C10H12F3N3O/c1-2-15-9(17)6-3-4-8(16-14)7(5-6)10(11,12)13/h3-5,16H,2,14H2,1H3,(H,15,17). The lowest BCUT2D eigenvalue weighted by Gasteiger charge is -2.13. The average Bonchev–Trinajstić information content (AvgIpc) is 2.27. The lowest BCUT2D eigenvalue weighted by molar-refractivity contribution is -0.137. The van der Waals surface area contributed by atoms with Gasteiger partial charge in [-0.3, -0.25) is 10.6 Å². The number of rotatable bonds is 3. The second-order valence-electron chi connectivity index (χ2n) is 3.26. The Morgan fingerprint density at radius 3 is 2.53 bits per heavy atom. The summed E-state index contributed by atoms with van der Waals surface area (Å²) in [6.07, 6.45) is -4.57. The number of carbonyl (C=O) groups is 1. The molecule has 1 rings (SSSR count). The van der Waals surface area contributed by atoms with Gasteiger partial charge in [-0.05, 0) is 25.1 Å². The van der Waals surface area contributed by atoms with Crippen LogP contribution in [0.2, 0.25) is 0 Å². The van der Waals surface area contributed by atoms with Crippen molar-refractivity contribution in [3.63, 3.8) is 0 Å². The van der Waals surface area contributed by atoms with Crippen molar-refractivity contribution in [3.8, 4) is 0 Å². The molecule has 0 radical (unpaired) electrons. The molecule has 0 aliphatic carbocycles. The molecule has 0 aromatic heterocycles. The first kappa shape index (κ1) is 13.3. The van der Waals surface area contributed by atoms with Crippen LogP contribution in [0.25, 0.3) is 0 Å². The van der Waals surface area contributed by atoms with Crippen molar-refractivity contribution in [1.29, 1.82) is 0 Å². The molecule has 1 aromatic rings. The molecule has 7 heteroatoms. The predicted octanol–water partition coefficient (Wildman–Crippen LogP) is 1.74. The van der Waals surface area contributed by atoms with Crippen molar-refractivity contribution in [1.82, 2.24) is 5.32 Å². The molecular weight excluding hydrogens is 235 g/mol. The van der Waals surface area contributed by atoms with Crippen molar-refractivity contribution in [3.05, 3.63) is 29.3 Å². The fraction of sp³-hybridized carbons (Fsp3) is 0.300. The second kappa shape index (κ2) is 5.05. The molecule has 0 spiro atoms. The molecule has 94 valence electrons. The number of nitrogen functional groups attached to an aromatic ring is 1. The minimum absolute atomic E-state index is 0.0572. The number of hydrogen-bond donors (Lipinski definition) is 3. The number of benzene rings is 1. The zero-order valence-electron chi connectivity index (χ0n) is 9.06. The number of hydrogen-bond acceptors (Lipinski definition) is 3. The van der Waals surface area contributed by atoms with Gasteiger partial charge in [0.2, 0.25) is 0 Å². The zero-order valence-corrected chi connectivity index (χ0v) is 9.06. The number of amides is 1. The van der Waals surface area contributed by atoms with Gasteiger partial charge in [0.1, 0.15) is 0 Å². The van der Waals surface area contributed by atoms with E-state index in [1.54, 1.807) is 6.92 Å². The number of nitrogens with one attached hydrogen (secondary N) is 2. The minimum Gasteiger partial charge on any atom is -0.352 e. The Bertz CT molecular complexity index is 418. The summed E-state index contributed by atoms with van der Waals surface area (Å²) >= 11 is 0. The van der Waals surface area contributed by atoms with E-state index in [4.69, 9.17) is 5.84 Å². The number of halogens is 3. The first-order valence-corrected chi connectivity index (χ1v) is 4.86. The van der Waals surface area contributed by atoms with Gasteiger partial charge in [0, 0.05) is 12.1 Å². The number of nitrogens with two attached hydrogens (primary N) is 1. The molecule has 0 saturated carbocycles. The van der Waals surface area contributed by atoms with E-state index in [1.807, 2.05) is 5.43 Å². The summed E-state index contributed by atoms with van der Waals surface area (Å²) in [5.41, 5.74) is 0.650. The Morgan fingerprint density at radius 1 is 1.41 bits per heavy atom. The summed E-state index contributed by atoms with van der Waals surface area (Å²) in [7, 11) is 0. The Hall–Kier alpha value is -1.76. The van der Waals surface area contributed by atoms with Crippen LogP contribution in [-0.4, -0.2) is 12.5 Å². The highest BCUT2D eigenvalue weighted by Crippen LogP contribution is 2.35. The molecule has 0 unspecified atom stereocenters. The monoisotopic (exact) mass is 247 g/mol. The van der Waals surface area contributed by atoms with Crippen molar-refractivity contribution >= 4 is 11.6 Å². The van der Waals surface area contributed by atoms with Gasteiger partial charge in [-0.25, -0.2) is 0 Å². The molecule has 0 aliphatic heterocycles. The van der Waals surface area contributed by atoms with Crippen LogP contribution in [0.5, 0.6) is 0 Å². The molecule has 1 amide bonds. The van der Waals surface area contributed by atoms with E-state index in [9.17, 15) is 18.0 Å². The summed E-state index contributed by atoms with van der Waals surface area (Å²) in [5.74, 6) is 4.43. The Balaban J connectivity index is 3.18. The first-order valence-electron chi connectivity index (χ1n) is 4.86. The maximum absolute atomic E-state index is 12.6. The molecular formula is C10H12F3N3O. The van der Waals surface area contributed by atoms with Crippen LogP contribution in [-0.2, 0) is 6.18 Å². The van der Waals surface area contributed by atoms with Crippen LogP contribution in [0.3, 0.4) is 0 Å². The predicted molar refractivity (Wildman–Crippen MR) is 57.3 cm³/mol. The van der Waals surface area contributed by atoms with Gasteiger partial charge >= 0.3 is 6.18 Å². The summed E-state index contributed by atoms with van der Waals surface area (Å²) in [6.45, 7) is 2.02. The maximum Gasteiger partial charge on any atom is 0.418 e. The largest absolute Gasteiger partial charge is 0.418 e. The third-order valence-corrected chi connectivity index (χ3v) is 2.08. The third kappa shape index (κ3) is 3.10. The highest BCUT2D eigenvalue weighted by atomic mass is 19.4. The van der Waals surface area contributed by atoms with Crippen LogP contribution in [0.15, 0.2) is 18.2 Å². The maximum atomic E-state index is 12.6. The first-order chi connectivity index (χ1) is 7.90. The summed E-state index contributed by atoms with van der Waals surface area (Å²) in [5, 5.41) is 2.42. The van der Waals surface area contributed by atoms with Crippen LogP contribution < -0.4 is 16.6 Å². The zero-order chi connectivity index (χ0) is 13.1. The smallest absolute Gasteiger partial charge is 0.352 e. The minimum atomic E-state index is -4.57. The molecule has 4 N–H and O–H groups in total. The molecule has 0 fully saturated rings. The average molecular weight is 247 g/mol. The van der Waals surface area contributed by atoms with Gasteiger partial charge < -0.3 is 10.7 Å². The van der Waals surface area contributed by atoms with E-state index < -0.39 is 17.6 Å². The quantitative estimate of drug-likeness (QED) is 0.563. The highest BCUT2D eigenvalue weighted by molar-refractivity contribution is 5.94. The Kier molecular flexibility index (Phi) is 3.95. The van der Waals surface area contributed by atoms with E-state index in [1.165, 1.54) is 6.07 Å². The molecule has 0 saturated heterocycles. The van der Waals surface area contributed by atoms with Gasteiger partial charge in [-0.1, -0.05) is 0 Å². The normalized spacial score (nSPS) is 11.1. The van der Waals surface area contributed by atoms with Gasteiger partial charge in [0.05, 0.1) is 11.3 Å². The van der Waals surface area contributed by atoms with Crippen LogP contribution in [0, 0.1) is 0 Å². The SMILES string of the molecule is CCNC(=O)c1ccc(NN)c(C(F)(F)F)c1. The van der Waals surface area contributed by atoms with Crippen molar-refractivity contribution in [2.75, 3.05) is 12.0 Å². The molecule has 4 nitrogen and oxygen atoms in total. The summed E-state index contributed by atoms with van der Waals surface area (Å²) in [6, 6.07) is 3.16. The lowest BCUT2D eigenvalue weighted by atomic mass is 10.1. The van der Waals surface area contributed by atoms with E-state index in [0.29, 0.717) is 6.54 Å². The van der Waals surface area contributed by atoms with Crippen molar-refractivity contribution in [2.24, 2.45) is 5.84 Å². The van der Waals surface area contributed by atoms with Crippen LogP contribution in [0.4, 0.5) is 18.9 Å². The van der Waals surface area contributed by atoms with Gasteiger partial charge in [0.15, 0.2) is 0 Å². The fourth-order valence-corrected chi connectivity index (χ4v) is 1.31. The highest BCUT2D eigenvalue weighted by Gasteiger charge is 2.34. The van der Waals surface area contributed by atoms with Gasteiger partial charge in [0.25, 0.3) is 5.91 Å². The Labute approximate surface area is 96.0 Å². The number of alkyl halides is 3. The molecule has 17 heavy (non-hydrogen) atoms. The number of anilines is 1. The molecule has 0 bridgehead atoms. The summed E-state index contributed by atoms with van der Waals surface area (Å²) in [4.78, 5) is 11.4. The lowest BCUT2D eigenvalue weighted by Crippen LogP contribution is -2.23. The van der Waals surface area contributed by atoms with E-state index in [2.05, 4.69) is 5.32 Å². The number of carbonyl (C=O) groups excluding carboxylic acids is 1. The van der Waals surface area contributed by atoms with E-state index in [0.717, 1.165) is 12.1 Å². The topological polar surface area (TPSA) is 67.2 Å². The Morgan fingerprint density at radius 2 is 2.06 bits per heavy atom.